The fourth-order valence-electron chi connectivity index (χ4n) is 1.53. The van der Waals surface area contributed by atoms with Crippen LogP contribution in [0.15, 0.2) is 39.1 Å². The van der Waals surface area contributed by atoms with Crippen LogP contribution in [0.25, 0.3) is 0 Å². The monoisotopic (exact) mass is 239 g/mol. The molecule has 0 bridgehead atoms. The highest BCUT2D eigenvalue weighted by Crippen LogP contribution is 2.33. The van der Waals surface area contributed by atoms with Crippen molar-refractivity contribution in [1.29, 1.82) is 0 Å². The lowest BCUT2D eigenvalue weighted by Gasteiger charge is -2.19. The number of allylic oxidation sites excluding steroid dienone is 6. The van der Waals surface area contributed by atoms with Gasteiger partial charge in [-0.3, -0.25) is 4.99 Å². The predicted molar refractivity (Wildman–Crippen MR) is 74.9 cm³/mol. The van der Waals surface area contributed by atoms with E-state index in [9.17, 15) is 0 Å². The van der Waals surface area contributed by atoms with Crippen LogP contribution in [0.1, 0.15) is 6.92 Å². The van der Waals surface area contributed by atoms with Gasteiger partial charge in [0.15, 0.2) is 0 Å². The number of aliphatic imine (C=N–C) groups is 1. The Hall–Kier alpha value is -0.410. The summed E-state index contributed by atoms with van der Waals surface area (Å²) in [6.45, 7) is 2.06. The fraction of sp³-hybridized carbons (Fsp3) is 0.417. The molecule has 0 fully saturated rings. The lowest BCUT2D eigenvalue weighted by Crippen LogP contribution is -2.09. The fourth-order valence-corrected chi connectivity index (χ4v) is 2.82. The summed E-state index contributed by atoms with van der Waals surface area (Å²) >= 11 is 3.56. The van der Waals surface area contributed by atoms with Crippen molar-refractivity contribution in [3.63, 3.8) is 0 Å². The molecule has 1 nitrogen and oxygen atoms in total. The molecule has 1 aliphatic carbocycles. The molecular weight excluding hydrogens is 222 g/mol. The van der Waals surface area contributed by atoms with E-state index >= 15 is 0 Å². The third kappa shape index (κ3) is 3.02. The molecular formula is C12H17NS2. The molecule has 0 radical (unpaired) electrons. The Kier molecular flexibility index (Phi) is 5.26. The van der Waals surface area contributed by atoms with E-state index in [2.05, 4.69) is 48.7 Å². The molecule has 1 atom stereocenters. The molecule has 0 amide bonds. The van der Waals surface area contributed by atoms with Crippen LogP contribution in [-0.2, 0) is 0 Å². The third-order valence-electron chi connectivity index (χ3n) is 2.29. The Morgan fingerprint density at radius 2 is 2.07 bits per heavy atom. The van der Waals surface area contributed by atoms with Crippen molar-refractivity contribution in [2.75, 3.05) is 19.6 Å². The van der Waals surface area contributed by atoms with Crippen molar-refractivity contribution in [3.05, 3.63) is 34.1 Å². The largest absolute Gasteiger partial charge is 0.287 e. The van der Waals surface area contributed by atoms with Gasteiger partial charge in [0.2, 0.25) is 0 Å². The summed E-state index contributed by atoms with van der Waals surface area (Å²) < 4.78 is 0. The Morgan fingerprint density at radius 1 is 1.33 bits per heavy atom. The molecule has 0 N–H and O–H groups in total. The third-order valence-corrected chi connectivity index (χ3v) is 3.93. The van der Waals surface area contributed by atoms with Crippen molar-refractivity contribution in [3.8, 4) is 0 Å². The summed E-state index contributed by atoms with van der Waals surface area (Å²) in [6.07, 6.45) is 13.0. The average molecular weight is 239 g/mol. The summed E-state index contributed by atoms with van der Waals surface area (Å²) in [4.78, 5) is 6.95. The van der Waals surface area contributed by atoms with Crippen molar-refractivity contribution in [2.24, 2.45) is 10.9 Å². The normalized spacial score (nSPS) is 24.5. The molecule has 0 aromatic carbocycles. The highest BCUT2D eigenvalue weighted by molar-refractivity contribution is 8.03. The number of hydrogen-bond acceptors (Lipinski definition) is 3. The first-order chi connectivity index (χ1) is 7.26. The number of nitrogens with zero attached hydrogens (tertiary/aromatic N) is 1. The summed E-state index contributed by atoms with van der Waals surface area (Å²) in [5.41, 5.74) is 1.10. The first kappa shape index (κ1) is 12.7. The Labute approximate surface area is 101 Å². The molecule has 0 aliphatic heterocycles. The molecule has 0 saturated carbocycles. The van der Waals surface area contributed by atoms with Gasteiger partial charge in [-0.05, 0) is 30.4 Å². The zero-order valence-corrected chi connectivity index (χ0v) is 11.3. The van der Waals surface area contributed by atoms with Gasteiger partial charge in [-0.1, -0.05) is 18.2 Å². The second-order valence-corrected chi connectivity index (χ2v) is 4.87. The Bertz CT molecular complexity index is 338. The Morgan fingerprint density at radius 3 is 2.53 bits per heavy atom. The van der Waals surface area contributed by atoms with E-state index in [1.165, 1.54) is 9.81 Å². The minimum atomic E-state index is 0.429. The van der Waals surface area contributed by atoms with Gasteiger partial charge in [-0.2, -0.15) is 0 Å². The van der Waals surface area contributed by atoms with E-state index in [0.29, 0.717) is 5.92 Å². The first-order valence-electron chi connectivity index (χ1n) is 4.88. The van der Waals surface area contributed by atoms with Crippen LogP contribution in [0.4, 0.5) is 0 Å². The average Bonchev–Trinajstić information content (AvgIpc) is 2.28. The Balaban J connectivity index is 3.05. The van der Waals surface area contributed by atoms with Gasteiger partial charge >= 0.3 is 0 Å². The summed E-state index contributed by atoms with van der Waals surface area (Å²) in [5, 5.41) is 0. The number of rotatable bonds is 3. The summed E-state index contributed by atoms with van der Waals surface area (Å²) in [7, 11) is 1.85. The van der Waals surface area contributed by atoms with Crippen LogP contribution in [0.3, 0.4) is 0 Å². The second-order valence-electron chi connectivity index (χ2n) is 3.15. The van der Waals surface area contributed by atoms with Gasteiger partial charge in [0, 0.05) is 17.9 Å². The van der Waals surface area contributed by atoms with E-state index < -0.39 is 0 Å². The minimum absolute atomic E-state index is 0.429. The van der Waals surface area contributed by atoms with Crippen molar-refractivity contribution in [1.82, 2.24) is 0 Å². The SMILES string of the molecule is C/C=C/C1C=C(SC)C(=NC)C=C1SC. The highest BCUT2D eigenvalue weighted by atomic mass is 32.2. The van der Waals surface area contributed by atoms with Crippen LogP contribution in [0.5, 0.6) is 0 Å². The van der Waals surface area contributed by atoms with Crippen molar-refractivity contribution in [2.45, 2.75) is 6.92 Å². The van der Waals surface area contributed by atoms with Gasteiger partial charge in [0.1, 0.15) is 0 Å². The quantitative estimate of drug-likeness (QED) is 0.695. The standard InChI is InChI=1S/C12H17NS2/c1-5-6-9-7-12(15-4)10(13-2)8-11(9)14-3/h5-9H,1-4H3/b6-5+,13-10?. The number of hydrogen-bond donors (Lipinski definition) is 0. The van der Waals surface area contributed by atoms with Gasteiger partial charge in [0.05, 0.1) is 5.71 Å². The molecule has 0 aromatic rings. The topological polar surface area (TPSA) is 12.4 Å². The lowest BCUT2D eigenvalue weighted by atomic mass is 10.0. The smallest absolute Gasteiger partial charge is 0.0711 e. The van der Waals surface area contributed by atoms with E-state index in [0.717, 1.165) is 5.71 Å². The molecule has 1 aliphatic rings. The molecule has 3 heteroatoms. The molecule has 0 spiro atoms. The summed E-state index contributed by atoms with van der Waals surface area (Å²) in [5.74, 6) is 0.429. The van der Waals surface area contributed by atoms with Crippen LogP contribution in [0.2, 0.25) is 0 Å². The zero-order chi connectivity index (χ0) is 11.3. The van der Waals surface area contributed by atoms with E-state index in [4.69, 9.17) is 0 Å². The lowest BCUT2D eigenvalue weighted by molar-refractivity contribution is 1.03. The molecule has 1 rings (SSSR count). The maximum Gasteiger partial charge on any atom is 0.0711 e. The molecule has 0 heterocycles. The number of thioether (sulfide) groups is 2. The van der Waals surface area contributed by atoms with E-state index in [1.54, 1.807) is 23.5 Å². The minimum Gasteiger partial charge on any atom is -0.287 e. The predicted octanol–water partition coefficient (Wildman–Crippen LogP) is 3.76. The molecule has 0 aromatic heterocycles. The van der Waals surface area contributed by atoms with Gasteiger partial charge < -0.3 is 0 Å². The second kappa shape index (κ2) is 6.23. The summed E-state index contributed by atoms with van der Waals surface area (Å²) in [6, 6.07) is 0. The highest BCUT2D eigenvalue weighted by Gasteiger charge is 2.17. The molecule has 82 valence electrons. The van der Waals surface area contributed by atoms with Crippen LogP contribution in [-0.4, -0.2) is 25.3 Å². The van der Waals surface area contributed by atoms with E-state index in [-0.39, 0.29) is 0 Å². The van der Waals surface area contributed by atoms with Crippen molar-refractivity contribution < 1.29 is 0 Å². The van der Waals surface area contributed by atoms with Gasteiger partial charge in [-0.15, -0.1) is 23.5 Å². The van der Waals surface area contributed by atoms with Crippen LogP contribution >= 0.6 is 23.5 Å². The zero-order valence-electron chi connectivity index (χ0n) is 9.65. The van der Waals surface area contributed by atoms with Crippen molar-refractivity contribution >= 4 is 29.2 Å². The maximum absolute atomic E-state index is 4.31. The van der Waals surface area contributed by atoms with E-state index in [1.807, 2.05) is 7.05 Å². The maximum atomic E-state index is 4.31. The van der Waals surface area contributed by atoms with Gasteiger partial charge in [-0.25, -0.2) is 0 Å². The molecule has 15 heavy (non-hydrogen) atoms. The first-order valence-corrected chi connectivity index (χ1v) is 7.33. The molecule has 1 unspecified atom stereocenters. The van der Waals surface area contributed by atoms with Gasteiger partial charge in [0.25, 0.3) is 0 Å². The van der Waals surface area contributed by atoms with Crippen LogP contribution < -0.4 is 0 Å². The van der Waals surface area contributed by atoms with Crippen LogP contribution in [0, 0.1) is 5.92 Å². The molecule has 0 saturated heterocycles.